The molecule has 0 saturated carbocycles. The van der Waals surface area contributed by atoms with E-state index in [9.17, 15) is 4.79 Å². The van der Waals surface area contributed by atoms with Gasteiger partial charge in [0.1, 0.15) is 5.69 Å². The van der Waals surface area contributed by atoms with Crippen molar-refractivity contribution in [3.8, 4) is 0 Å². The van der Waals surface area contributed by atoms with Crippen LogP contribution in [0.25, 0.3) is 0 Å². The number of hydrogen-bond donors (Lipinski definition) is 0. The van der Waals surface area contributed by atoms with Crippen molar-refractivity contribution in [2.24, 2.45) is 0 Å². The summed E-state index contributed by atoms with van der Waals surface area (Å²) < 4.78 is 11.5. The van der Waals surface area contributed by atoms with Crippen LogP contribution in [0.5, 0.6) is 0 Å². The van der Waals surface area contributed by atoms with Crippen LogP contribution in [0.15, 0.2) is 48.9 Å². The Labute approximate surface area is 147 Å². The molecule has 3 rings (SSSR count). The smallest absolute Gasteiger partial charge is 0.274 e. The third-order valence-corrected chi connectivity index (χ3v) is 4.20. The number of nitrogens with zero attached hydrogens (tertiary/aromatic N) is 3. The van der Waals surface area contributed by atoms with E-state index in [1.807, 2.05) is 35.2 Å². The zero-order chi connectivity index (χ0) is 17.3. The Morgan fingerprint density at radius 1 is 1.12 bits per heavy atom. The summed E-state index contributed by atoms with van der Waals surface area (Å²) >= 11 is 0. The second-order valence-electron chi connectivity index (χ2n) is 5.99. The SMILES string of the molecule is O=C(c1cnccn1)N1CCC(OCCOCc2ccccc2)CC1. The van der Waals surface area contributed by atoms with Gasteiger partial charge < -0.3 is 14.4 Å². The maximum absolute atomic E-state index is 12.3. The van der Waals surface area contributed by atoms with Crippen molar-refractivity contribution in [3.63, 3.8) is 0 Å². The molecule has 6 heteroatoms. The van der Waals surface area contributed by atoms with Crippen LogP contribution in [0.1, 0.15) is 28.9 Å². The normalized spacial score (nSPS) is 15.3. The van der Waals surface area contributed by atoms with Crippen LogP contribution in [-0.2, 0) is 16.1 Å². The molecule has 0 radical (unpaired) electrons. The summed E-state index contributed by atoms with van der Waals surface area (Å²) in [7, 11) is 0. The number of likely N-dealkylation sites (tertiary alicyclic amines) is 1. The van der Waals surface area contributed by atoms with E-state index < -0.39 is 0 Å². The van der Waals surface area contributed by atoms with E-state index in [4.69, 9.17) is 9.47 Å². The molecule has 0 unspecified atom stereocenters. The highest BCUT2D eigenvalue weighted by atomic mass is 16.5. The predicted octanol–water partition coefficient (Wildman–Crippen LogP) is 2.31. The maximum atomic E-state index is 12.3. The first kappa shape index (κ1) is 17.5. The van der Waals surface area contributed by atoms with Gasteiger partial charge in [0.25, 0.3) is 5.91 Å². The van der Waals surface area contributed by atoms with Crippen molar-refractivity contribution in [1.29, 1.82) is 0 Å². The molecule has 1 saturated heterocycles. The number of aromatic nitrogens is 2. The van der Waals surface area contributed by atoms with E-state index in [-0.39, 0.29) is 12.0 Å². The Balaban J connectivity index is 1.31. The largest absolute Gasteiger partial charge is 0.376 e. The molecule has 0 aliphatic carbocycles. The molecule has 25 heavy (non-hydrogen) atoms. The Kier molecular flexibility index (Phi) is 6.48. The van der Waals surface area contributed by atoms with E-state index in [1.54, 1.807) is 12.4 Å². The molecule has 1 fully saturated rings. The van der Waals surface area contributed by atoms with Crippen molar-refractivity contribution in [3.05, 3.63) is 60.2 Å². The van der Waals surface area contributed by atoms with Crippen molar-refractivity contribution >= 4 is 5.91 Å². The third-order valence-electron chi connectivity index (χ3n) is 4.20. The average Bonchev–Trinajstić information content (AvgIpc) is 2.69. The summed E-state index contributed by atoms with van der Waals surface area (Å²) in [6, 6.07) is 10.1. The first-order chi connectivity index (χ1) is 12.3. The summed E-state index contributed by atoms with van der Waals surface area (Å²) in [5.41, 5.74) is 1.56. The molecule has 1 amide bonds. The Hall–Kier alpha value is -2.31. The van der Waals surface area contributed by atoms with E-state index in [0.717, 1.165) is 12.8 Å². The van der Waals surface area contributed by atoms with Gasteiger partial charge in [-0.1, -0.05) is 30.3 Å². The first-order valence-electron chi connectivity index (χ1n) is 8.61. The molecular formula is C19H23N3O3. The number of benzene rings is 1. The molecule has 1 aromatic carbocycles. The summed E-state index contributed by atoms with van der Waals surface area (Å²) in [5.74, 6) is -0.0576. The second kappa shape index (κ2) is 9.25. The molecule has 0 bridgehead atoms. The van der Waals surface area contributed by atoms with Crippen LogP contribution < -0.4 is 0 Å². The zero-order valence-corrected chi connectivity index (χ0v) is 14.2. The van der Waals surface area contributed by atoms with Crippen molar-refractivity contribution in [2.45, 2.75) is 25.6 Å². The first-order valence-corrected chi connectivity index (χ1v) is 8.61. The van der Waals surface area contributed by atoms with Gasteiger partial charge in [0.05, 0.1) is 32.1 Å². The number of piperidine rings is 1. The fourth-order valence-corrected chi connectivity index (χ4v) is 2.84. The van der Waals surface area contributed by atoms with Crippen LogP contribution in [-0.4, -0.2) is 53.2 Å². The molecule has 0 atom stereocenters. The number of carbonyl (C=O) groups is 1. The van der Waals surface area contributed by atoms with Crippen LogP contribution in [0.2, 0.25) is 0 Å². The monoisotopic (exact) mass is 341 g/mol. The number of carbonyl (C=O) groups excluding carboxylic acids is 1. The van der Waals surface area contributed by atoms with Crippen molar-refractivity contribution in [2.75, 3.05) is 26.3 Å². The van der Waals surface area contributed by atoms with Crippen LogP contribution in [0.3, 0.4) is 0 Å². The molecule has 2 heterocycles. The fraction of sp³-hybridized carbons (Fsp3) is 0.421. The van der Waals surface area contributed by atoms with E-state index in [0.29, 0.717) is 38.6 Å². The van der Waals surface area contributed by atoms with E-state index in [2.05, 4.69) is 9.97 Å². The number of rotatable bonds is 7. The fourth-order valence-electron chi connectivity index (χ4n) is 2.84. The lowest BCUT2D eigenvalue weighted by molar-refractivity contribution is -0.0229. The summed E-state index contributed by atoms with van der Waals surface area (Å²) in [6.45, 7) is 3.13. The molecule has 0 N–H and O–H groups in total. The lowest BCUT2D eigenvalue weighted by Crippen LogP contribution is -2.41. The minimum Gasteiger partial charge on any atom is -0.376 e. The molecule has 0 spiro atoms. The van der Waals surface area contributed by atoms with Gasteiger partial charge in [0.2, 0.25) is 0 Å². The predicted molar refractivity (Wildman–Crippen MR) is 93.0 cm³/mol. The second-order valence-corrected chi connectivity index (χ2v) is 5.99. The number of amides is 1. The zero-order valence-electron chi connectivity index (χ0n) is 14.2. The average molecular weight is 341 g/mol. The van der Waals surface area contributed by atoms with Crippen LogP contribution >= 0.6 is 0 Å². The molecule has 1 aliphatic rings. The van der Waals surface area contributed by atoms with Gasteiger partial charge in [-0.05, 0) is 18.4 Å². The van der Waals surface area contributed by atoms with E-state index in [1.165, 1.54) is 11.8 Å². The van der Waals surface area contributed by atoms with Gasteiger partial charge in [0, 0.05) is 25.5 Å². The number of hydrogen-bond acceptors (Lipinski definition) is 5. The highest BCUT2D eigenvalue weighted by molar-refractivity contribution is 5.92. The van der Waals surface area contributed by atoms with Gasteiger partial charge in [-0.3, -0.25) is 9.78 Å². The Morgan fingerprint density at radius 2 is 1.92 bits per heavy atom. The quantitative estimate of drug-likeness (QED) is 0.723. The minimum atomic E-state index is -0.0576. The van der Waals surface area contributed by atoms with Gasteiger partial charge in [0.15, 0.2) is 0 Å². The van der Waals surface area contributed by atoms with Gasteiger partial charge >= 0.3 is 0 Å². The maximum Gasteiger partial charge on any atom is 0.274 e. The van der Waals surface area contributed by atoms with Crippen LogP contribution in [0.4, 0.5) is 0 Å². The molecule has 1 aliphatic heterocycles. The van der Waals surface area contributed by atoms with Gasteiger partial charge in [-0.15, -0.1) is 0 Å². The van der Waals surface area contributed by atoms with E-state index >= 15 is 0 Å². The van der Waals surface area contributed by atoms with Crippen molar-refractivity contribution in [1.82, 2.24) is 14.9 Å². The number of ether oxygens (including phenoxy) is 2. The lowest BCUT2D eigenvalue weighted by Gasteiger charge is -2.31. The minimum absolute atomic E-state index is 0.0576. The third kappa shape index (κ3) is 5.34. The van der Waals surface area contributed by atoms with Gasteiger partial charge in [-0.2, -0.15) is 0 Å². The molecule has 6 nitrogen and oxygen atoms in total. The molecular weight excluding hydrogens is 318 g/mol. The van der Waals surface area contributed by atoms with Crippen molar-refractivity contribution < 1.29 is 14.3 Å². The lowest BCUT2D eigenvalue weighted by atomic mass is 10.1. The highest BCUT2D eigenvalue weighted by Gasteiger charge is 2.24. The molecule has 1 aromatic heterocycles. The van der Waals surface area contributed by atoms with Gasteiger partial charge in [-0.25, -0.2) is 4.98 Å². The summed E-state index contributed by atoms with van der Waals surface area (Å²) in [6.07, 6.45) is 6.48. The Bertz CT molecular complexity index is 643. The molecule has 2 aromatic rings. The Morgan fingerprint density at radius 3 is 2.64 bits per heavy atom. The molecule has 132 valence electrons. The topological polar surface area (TPSA) is 64.6 Å². The highest BCUT2D eigenvalue weighted by Crippen LogP contribution is 2.15. The standard InChI is InChI=1S/C19H23N3O3/c23-19(18-14-20-8-9-21-18)22-10-6-17(7-11-22)25-13-12-24-15-16-4-2-1-3-5-16/h1-5,8-9,14,17H,6-7,10-13,15H2. The summed E-state index contributed by atoms with van der Waals surface area (Å²) in [4.78, 5) is 22.1. The van der Waals surface area contributed by atoms with Crippen LogP contribution in [0, 0.1) is 0 Å². The summed E-state index contributed by atoms with van der Waals surface area (Å²) in [5, 5.41) is 0.